The number of carbonyl (C=O) groups is 1. The molecular formula is C21H27ClN4O2. The highest BCUT2D eigenvalue weighted by atomic mass is 35.5. The van der Waals surface area contributed by atoms with Gasteiger partial charge < -0.3 is 10.2 Å². The standard InChI is InChI=1S/C21H27ClN4O2/c1-15-6-3-4-12-25(15)13-5-11-23-21(28)20-19(27)14-16(2)26(24-20)18-9-7-17(22)8-10-18/h7-10,14-15H,3-6,11-13H2,1-2H3,(H,23,28)/t15-/m1/s1. The fraction of sp³-hybridized carbons (Fsp3) is 0.476. The molecule has 1 aromatic carbocycles. The number of aryl methyl sites for hydroxylation is 1. The zero-order valence-electron chi connectivity index (χ0n) is 16.4. The van der Waals surface area contributed by atoms with Crippen LogP contribution >= 0.6 is 11.6 Å². The van der Waals surface area contributed by atoms with Crippen molar-refractivity contribution in [1.82, 2.24) is 20.0 Å². The van der Waals surface area contributed by atoms with E-state index in [4.69, 9.17) is 11.6 Å². The molecule has 2 heterocycles. The molecule has 1 amide bonds. The largest absolute Gasteiger partial charge is 0.350 e. The summed E-state index contributed by atoms with van der Waals surface area (Å²) in [7, 11) is 0. The molecule has 2 aromatic rings. The second-order valence-electron chi connectivity index (χ2n) is 7.38. The average molecular weight is 403 g/mol. The molecule has 0 saturated carbocycles. The summed E-state index contributed by atoms with van der Waals surface area (Å²) < 4.78 is 1.59. The van der Waals surface area contributed by atoms with Gasteiger partial charge in [0.2, 0.25) is 5.43 Å². The molecule has 0 aliphatic carbocycles. The van der Waals surface area contributed by atoms with Crippen LogP contribution in [0.2, 0.25) is 5.02 Å². The van der Waals surface area contributed by atoms with E-state index in [0.717, 1.165) is 25.2 Å². The Bertz CT molecular complexity index is 879. The molecule has 6 nitrogen and oxygen atoms in total. The van der Waals surface area contributed by atoms with Gasteiger partial charge >= 0.3 is 0 Å². The summed E-state index contributed by atoms with van der Waals surface area (Å²) in [5, 5.41) is 7.74. The fourth-order valence-electron chi connectivity index (χ4n) is 3.61. The number of aromatic nitrogens is 2. The van der Waals surface area contributed by atoms with Crippen LogP contribution in [-0.4, -0.2) is 46.3 Å². The SMILES string of the molecule is Cc1cc(=O)c(C(=O)NCCCN2CCCC[C@H]2C)nn1-c1ccc(Cl)cc1. The summed E-state index contributed by atoms with van der Waals surface area (Å²) in [6.45, 7) is 6.65. The van der Waals surface area contributed by atoms with E-state index in [2.05, 4.69) is 22.2 Å². The predicted octanol–water partition coefficient (Wildman–Crippen LogP) is 3.19. The average Bonchev–Trinajstić information content (AvgIpc) is 2.67. The zero-order valence-corrected chi connectivity index (χ0v) is 17.2. The van der Waals surface area contributed by atoms with Crippen molar-refractivity contribution in [3.63, 3.8) is 0 Å². The lowest BCUT2D eigenvalue weighted by Crippen LogP contribution is -2.39. The maximum atomic E-state index is 12.5. The maximum Gasteiger partial charge on any atom is 0.275 e. The van der Waals surface area contributed by atoms with Gasteiger partial charge in [-0.15, -0.1) is 0 Å². The Morgan fingerprint density at radius 3 is 2.75 bits per heavy atom. The minimum atomic E-state index is -0.431. The van der Waals surface area contributed by atoms with Crippen LogP contribution in [0, 0.1) is 6.92 Å². The number of hydrogen-bond acceptors (Lipinski definition) is 4. The summed E-state index contributed by atoms with van der Waals surface area (Å²) in [5.41, 5.74) is 0.940. The van der Waals surface area contributed by atoms with E-state index >= 15 is 0 Å². The van der Waals surface area contributed by atoms with Crippen LogP contribution < -0.4 is 10.7 Å². The number of likely N-dealkylation sites (tertiary alicyclic amines) is 1. The fourth-order valence-corrected chi connectivity index (χ4v) is 3.73. The molecule has 0 radical (unpaired) electrons. The van der Waals surface area contributed by atoms with Crippen molar-refractivity contribution in [2.45, 2.75) is 45.6 Å². The first kappa shape index (κ1) is 20.6. The Balaban J connectivity index is 1.63. The number of nitrogens with one attached hydrogen (secondary N) is 1. The van der Waals surface area contributed by atoms with Gasteiger partial charge in [-0.25, -0.2) is 4.68 Å². The van der Waals surface area contributed by atoms with E-state index in [0.29, 0.717) is 23.3 Å². The van der Waals surface area contributed by atoms with E-state index in [1.54, 1.807) is 35.9 Å². The van der Waals surface area contributed by atoms with Gasteiger partial charge in [0, 0.05) is 35.9 Å². The molecule has 3 rings (SSSR count). The molecule has 150 valence electrons. The van der Waals surface area contributed by atoms with Crippen LogP contribution in [0.25, 0.3) is 5.69 Å². The lowest BCUT2D eigenvalue weighted by molar-refractivity contribution is 0.0941. The van der Waals surface area contributed by atoms with Gasteiger partial charge in [-0.05, 0) is 63.9 Å². The van der Waals surface area contributed by atoms with E-state index in [1.807, 2.05) is 0 Å². The monoisotopic (exact) mass is 402 g/mol. The Kier molecular flexibility index (Phi) is 6.86. The van der Waals surface area contributed by atoms with Crippen molar-refractivity contribution in [2.75, 3.05) is 19.6 Å². The lowest BCUT2D eigenvalue weighted by atomic mass is 10.0. The minimum absolute atomic E-state index is 0.0908. The van der Waals surface area contributed by atoms with Gasteiger partial charge in [0.15, 0.2) is 5.69 Å². The Morgan fingerprint density at radius 2 is 2.04 bits per heavy atom. The molecular weight excluding hydrogens is 376 g/mol. The first-order valence-corrected chi connectivity index (χ1v) is 10.2. The number of amides is 1. The number of hydrogen-bond donors (Lipinski definition) is 1. The van der Waals surface area contributed by atoms with Gasteiger partial charge in [-0.3, -0.25) is 9.59 Å². The molecule has 7 heteroatoms. The van der Waals surface area contributed by atoms with Crippen LogP contribution in [0.1, 0.15) is 48.8 Å². The molecule has 1 aliphatic rings. The van der Waals surface area contributed by atoms with Crippen molar-refractivity contribution in [1.29, 1.82) is 0 Å². The van der Waals surface area contributed by atoms with Crippen LogP contribution in [0.5, 0.6) is 0 Å². The van der Waals surface area contributed by atoms with Crippen molar-refractivity contribution in [2.24, 2.45) is 0 Å². The Labute approximate surface area is 170 Å². The van der Waals surface area contributed by atoms with Gasteiger partial charge in [0.25, 0.3) is 5.91 Å². The van der Waals surface area contributed by atoms with Gasteiger partial charge in [0.05, 0.1) is 5.69 Å². The highest BCUT2D eigenvalue weighted by Gasteiger charge is 2.18. The van der Waals surface area contributed by atoms with Crippen molar-refractivity contribution < 1.29 is 4.79 Å². The van der Waals surface area contributed by atoms with E-state index in [9.17, 15) is 9.59 Å². The van der Waals surface area contributed by atoms with Crippen LogP contribution in [-0.2, 0) is 0 Å². The topological polar surface area (TPSA) is 67.2 Å². The smallest absolute Gasteiger partial charge is 0.275 e. The number of rotatable bonds is 6. The molecule has 1 aliphatic heterocycles. The molecule has 1 fully saturated rings. The Morgan fingerprint density at radius 1 is 1.29 bits per heavy atom. The number of halogens is 1. The Hall–Kier alpha value is -2.18. The minimum Gasteiger partial charge on any atom is -0.350 e. The van der Waals surface area contributed by atoms with E-state index in [1.165, 1.54) is 25.3 Å². The normalized spacial score (nSPS) is 17.5. The summed E-state index contributed by atoms with van der Waals surface area (Å²) in [6.07, 6.45) is 4.64. The van der Waals surface area contributed by atoms with Crippen molar-refractivity contribution in [3.8, 4) is 5.69 Å². The van der Waals surface area contributed by atoms with Gasteiger partial charge in [0.1, 0.15) is 0 Å². The van der Waals surface area contributed by atoms with Crippen LogP contribution in [0.4, 0.5) is 0 Å². The lowest BCUT2D eigenvalue weighted by Gasteiger charge is -2.33. The number of nitrogens with zero attached hydrogens (tertiary/aromatic N) is 3. The predicted molar refractivity (Wildman–Crippen MR) is 111 cm³/mol. The molecule has 1 saturated heterocycles. The third-order valence-electron chi connectivity index (χ3n) is 5.24. The summed E-state index contributed by atoms with van der Waals surface area (Å²) in [6, 6.07) is 9.14. The second kappa shape index (κ2) is 9.34. The van der Waals surface area contributed by atoms with Gasteiger partial charge in [-0.1, -0.05) is 18.0 Å². The molecule has 1 N–H and O–H groups in total. The van der Waals surface area contributed by atoms with Crippen molar-refractivity contribution in [3.05, 3.63) is 57.0 Å². The summed E-state index contributed by atoms with van der Waals surface area (Å²) in [4.78, 5) is 27.2. The molecule has 1 atom stereocenters. The molecule has 0 spiro atoms. The maximum absolute atomic E-state index is 12.5. The highest BCUT2D eigenvalue weighted by Crippen LogP contribution is 2.16. The first-order valence-electron chi connectivity index (χ1n) is 9.85. The molecule has 0 bridgehead atoms. The van der Waals surface area contributed by atoms with Gasteiger partial charge in [-0.2, -0.15) is 5.10 Å². The first-order chi connectivity index (χ1) is 13.5. The van der Waals surface area contributed by atoms with Crippen LogP contribution in [0.15, 0.2) is 35.1 Å². The van der Waals surface area contributed by atoms with E-state index < -0.39 is 5.91 Å². The molecule has 1 aromatic heterocycles. The summed E-state index contributed by atoms with van der Waals surface area (Å²) >= 11 is 5.93. The quantitative estimate of drug-likeness (QED) is 0.753. The van der Waals surface area contributed by atoms with E-state index in [-0.39, 0.29) is 11.1 Å². The number of carbonyl (C=O) groups excluding carboxylic acids is 1. The van der Waals surface area contributed by atoms with Crippen molar-refractivity contribution >= 4 is 17.5 Å². The van der Waals surface area contributed by atoms with Crippen LogP contribution in [0.3, 0.4) is 0 Å². The molecule has 0 unspecified atom stereocenters. The third-order valence-corrected chi connectivity index (χ3v) is 5.49. The summed E-state index contributed by atoms with van der Waals surface area (Å²) in [5.74, 6) is -0.431. The second-order valence-corrected chi connectivity index (χ2v) is 7.81. The highest BCUT2D eigenvalue weighted by molar-refractivity contribution is 6.30. The number of benzene rings is 1. The third kappa shape index (κ3) is 5.00. The molecule has 28 heavy (non-hydrogen) atoms. The number of piperidine rings is 1. The zero-order chi connectivity index (χ0) is 20.1.